The van der Waals surface area contributed by atoms with Crippen LogP contribution >= 0.6 is 0 Å². The van der Waals surface area contributed by atoms with Crippen molar-refractivity contribution >= 4 is 21.9 Å². The Bertz CT molecular complexity index is 884. The second-order valence-electron chi connectivity index (χ2n) is 6.42. The zero-order chi connectivity index (χ0) is 18.7. The van der Waals surface area contributed by atoms with E-state index in [1.54, 1.807) is 0 Å². The van der Waals surface area contributed by atoms with Crippen LogP contribution in [0, 0.1) is 13.8 Å². The fourth-order valence-corrected chi connectivity index (χ4v) is 4.51. The Kier molecular flexibility index (Phi) is 5.33. The topological polar surface area (TPSA) is 92.3 Å². The molecule has 0 unspecified atom stereocenters. The van der Waals surface area contributed by atoms with Gasteiger partial charge in [-0.15, -0.1) is 0 Å². The minimum atomic E-state index is -3.50. The summed E-state index contributed by atoms with van der Waals surface area (Å²) in [5.41, 5.74) is 1.87. The molecule has 26 heavy (non-hydrogen) atoms. The lowest BCUT2D eigenvalue weighted by molar-refractivity contribution is 0.102. The molecule has 8 heteroatoms. The summed E-state index contributed by atoms with van der Waals surface area (Å²) in [6.07, 6.45) is 2.83. The predicted molar refractivity (Wildman–Crippen MR) is 98.5 cm³/mol. The van der Waals surface area contributed by atoms with Gasteiger partial charge in [0, 0.05) is 30.0 Å². The lowest BCUT2D eigenvalue weighted by atomic mass is 10.2. The van der Waals surface area contributed by atoms with Crippen LogP contribution in [0.25, 0.3) is 0 Å². The van der Waals surface area contributed by atoms with Gasteiger partial charge in [0.2, 0.25) is 16.0 Å². The molecule has 1 N–H and O–H groups in total. The van der Waals surface area contributed by atoms with Crippen LogP contribution in [-0.4, -0.2) is 41.7 Å². The second kappa shape index (κ2) is 7.51. The van der Waals surface area contributed by atoms with Crippen LogP contribution in [0.5, 0.6) is 0 Å². The maximum absolute atomic E-state index is 12.6. The normalized spacial score (nSPS) is 15.6. The molecule has 1 saturated heterocycles. The van der Waals surface area contributed by atoms with Gasteiger partial charge in [0.1, 0.15) is 0 Å². The predicted octanol–water partition coefficient (Wildman–Crippen LogP) is 2.52. The van der Waals surface area contributed by atoms with Crippen molar-refractivity contribution in [3.05, 3.63) is 47.3 Å². The fraction of sp³-hybridized carbons (Fsp3) is 0.389. The maximum atomic E-state index is 12.6. The molecule has 2 heterocycles. The summed E-state index contributed by atoms with van der Waals surface area (Å²) < 4.78 is 26.8. The van der Waals surface area contributed by atoms with Gasteiger partial charge in [-0.3, -0.25) is 10.1 Å². The van der Waals surface area contributed by atoms with E-state index in [0.29, 0.717) is 18.7 Å². The third kappa shape index (κ3) is 4.08. The number of hydrogen-bond donors (Lipinski definition) is 1. The third-order valence-electron chi connectivity index (χ3n) is 4.28. The number of rotatable bonds is 4. The van der Waals surface area contributed by atoms with E-state index in [2.05, 4.69) is 15.3 Å². The summed E-state index contributed by atoms with van der Waals surface area (Å²) in [4.78, 5) is 20.9. The summed E-state index contributed by atoms with van der Waals surface area (Å²) in [5.74, 6) is -0.144. The molecule has 0 atom stereocenters. The molecule has 0 aliphatic carbocycles. The first-order valence-electron chi connectivity index (χ1n) is 8.60. The first-order valence-corrected chi connectivity index (χ1v) is 10.0. The molecule has 0 bridgehead atoms. The van der Waals surface area contributed by atoms with Gasteiger partial charge >= 0.3 is 0 Å². The molecule has 0 spiro atoms. The summed E-state index contributed by atoms with van der Waals surface area (Å²) in [6.45, 7) is 4.75. The number of piperidine rings is 1. The number of carbonyl (C=O) groups is 1. The first kappa shape index (κ1) is 18.5. The number of aryl methyl sites for hydroxylation is 2. The molecule has 7 nitrogen and oxygen atoms in total. The number of amides is 1. The minimum absolute atomic E-state index is 0.207. The Labute approximate surface area is 153 Å². The van der Waals surface area contributed by atoms with Crippen molar-refractivity contribution in [2.75, 3.05) is 18.4 Å². The van der Waals surface area contributed by atoms with Gasteiger partial charge in [-0.1, -0.05) is 6.42 Å². The fourth-order valence-electron chi connectivity index (χ4n) is 2.99. The van der Waals surface area contributed by atoms with Crippen molar-refractivity contribution in [3.63, 3.8) is 0 Å². The number of sulfonamides is 1. The van der Waals surface area contributed by atoms with E-state index in [-0.39, 0.29) is 16.8 Å². The highest BCUT2D eigenvalue weighted by atomic mass is 32.2. The summed E-state index contributed by atoms with van der Waals surface area (Å²) in [6, 6.07) is 7.78. The highest BCUT2D eigenvalue weighted by Gasteiger charge is 2.25. The van der Waals surface area contributed by atoms with Crippen LogP contribution < -0.4 is 5.32 Å². The van der Waals surface area contributed by atoms with Gasteiger partial charge in [0.15, 0.2) is 0 Å². The molecule has 1 amide bonds. The quantitative estimate of drug-likeness (QED) is 0.888. The number of anilines is 1. The van der Waals surface area contributed by atoms with Crippen LogP contribution in [-0.2, 0) is 10.0 Å². The zero-order valence-electron chi connectivity index (χ0n) is 14.9. The number of nitrogens with zero attached hydrogens (tertiary/aromatic N) is 3. The first-order chi connectivity index (χ1) is 12.4. The van der Waals surface area contributed by atoms with E-state index >= 15 is 0 Å². The van der Waals surface area contributed by atoms with Crippen molar-refractivity contribution < 1.29 is 13.2 Å². The molecule has 0 saturated carbocycles. The summed E-state index contributed by atoms with van der Waals surface area (Å²) in [7, 11) is -3.50. The third-order valence-corrected chi connectivity index (χ3v) is 6.19. The standard InChI is InChI=1S/C18H22N4O3S/c1-13-12-14(2)20-18(19-13)21-17(23)15-6-8-16(9-7-15)26(24,25)22-10-4-3-5-11-22/h6-9,12H,3-5,10-11H2,1-2H3,(H,19,20,21,23). The van der Waals surface area contributed by atoms with E-state index in [4.69, 9.17) is 0 Å². The van der Waals surface area contributed by atoms with Gasteiger partial charge in [0.05, 0.1) is 4.90 Å². The summed E-state index contributed by atoms with van der Waals surface area (Å²) >= 11 is 0. The summed E-state index contributed by atoms with van der Waals surface area (Å²) in [5, 5.41) is 2.64. The molecular weight excluding hydrogens is 352 g/mol. The van der Waals surface area contributed by atoms with E-state index in [0.717, 1.165) is 30.7 Å². The molecule has 1 fully saturated rings. The van der Waals surface area contributed by atoms with E-state index in [1.807, 2.05) is 19.9 Å². The molecular formula is C18H22N4O3S. The number of benzene rings is 1. The number of carbonyl (C=O) groups excluding carboxylic acids is 1. The minimum Gasteiger partial charge on any atom is -0.290 e. The van der Waals surface area contributed by atoms with Crippen molar-refractivity contribution in [1.29, 1.82) is 0 Å². The van der Waals surface area contributed by atoms with Crippen molar-refractivity contribution in [2.24, 2.45) is 0 Å². The molecule has 138 valence electrons. The zero-order valence-corrected chi connectivity index (χ0v) is 15.7. The smallest absolute Gasteiger partial charge is 0.258 e. The molecule has 0 radical (unpaired) electrons. The van der Waals surface area contributed by atoms with Crippen molar-refractivity contribution in [3.8, 4) is 0 Å². The number of nitrogens with one attached hydrogen (secondary N) is 1. The van der Waals surface area contributed by atoms with Gasteiger partial charge in [-0.2, -0.15) is 4.31 Å². The highest BCUT2D eigenvalue weighted by molar-refractivity contribution is 7.89. The highest BCUT2D eigenvalue weighted by Crippen LogP contribution is 2.21. The second-order valence-corrected chi connectivity index (χ2v) is 8.36. The molecule has 1 aromatic heterocycles. The Morgan fingerprint density at radius 1 is 1.00 bits per heavy atom. The van der Waals surface area contributed by atoms with Crippen molar-refractivity contribution in [2.45, 2.75) is 38.0 Å². The molecule has 1 aliphatic rings. The Hall–Kier alpha value is -2.32. The maximum Gasteiger partial charge on any atom is 0.258 e. The van der Waals surface area contributed by atoms with Crippen LogP contribution in [0.2, 0.25) is 0 Å². The largest absolute Gasteiger partial charge is 0.290 e. The SMILES string of the molecule is Cc1cc(C)nc(NC(=O)c2ccc(S(=O)(=O)N3CCCCC3)cc2)n1. The van der Waals surface area contributed by atoms with E-state index in [9.17, 15) is 13.2 Å². The molecule has 1 aromatic carbocycles. The average molecular weight is 374 g/mol. The Morgan fingerprint density at radius 3 is 2.15 bits per heavy atom. The number of aromatic nitrogens is 2. The molecule has 1 aliphatic heterocycles. The van der Waals surface area contributed by atoms with Gasteiger partial charge in [-0.25, -0.2) is 18.4 Å². The van der Waals surface area contributed by atoms with Crippen LogP contribution in [0.3, 0.4) is 0 Å². The molecule has 2 aromatic rings. The average Bonchev–Trinajstić information content (AvgIpc) is 2.61. The van der Waals surface area contributed by atoms with Gasteiger partial charge in [-0.05, 0) is 57.0 Å². The van der Waals surface area contributed by atoms with Crippen LogP contribution in [0.1, 0.15) is 41.0 Å². The lowest BCUT2D eigenvalue weighted by Crippen LogP contribution is -2.35. The van der Waals surface area contributed by atoms with Crippen molar-refractivity contribution in [1.82, 2.24) is 14.3 Å². The Balaban J connectivity index is 1.75. The van der Waals surface area contributed by atoms with Gasteiger partial charge in [0.25, 0.3) is 5.91 Å². The van der Waals surface area contributed by atoms with Crippen LogP contribution in [0.15, 0.2) is 35.2 Å². The lowest BCUT2D eigenvalue weighted by Gasteiger charge is -2.25. The Morgan fingerprint density at radius 2 is 1.58 bits per heavy atom. The molecule has 3 rings (SSSR count). The number of hydrogen-bond acceptors (Lipinski definition) is 5. The van der Waals surface area contributed by atoms with Gasteiger partial charge < -0.3 is 0 Å². The van der Waals surface area contributed by atoms with Crippen LogP contribution in [0.4, 0.5) is 5.95 Å². The van der Waals surface area contributed by atoms with E-state index < -0.39 is 10.0 Å². The monoisotopic (exact) mass is 374 g/mol. The van der Waals surface area contributed by atoms with E-state index in [1.165, 1.54) is 28.6 Å².